The van der Waals surface area contributed by atoms with E-state index in [2.05, 4.69) is 27.1 Å². The molecule has 21 heavy (non-hydrogen) atoms. The molecule has 1 amide bonds. The van der Waals surface area contributed by atoms with Crippen molar-refractivity contribution in [1.29, 1.82) is 0 Å². The lowest BCUT2D eigenvalue weighted by molar-refractivity contribution is 0.0672. The molecular weight excluding hydrogens is 266 g/mol. The summed E-state index contributed by atoms with van der Waals surface area (Å²) in [6, 6.07) is 0.131. The van der Waals surface area contributed by atoms with E-state index < -0.39 is 0 Å². The smallest absolute Gasteiger partial charge is 0.274 e. The second-order valence-corrected chi connectivity index (χ2v) is 5.42. The van der Waals surface area contributed by atoms with E-state index in [1.807, 2.05) is 32.8 Å². The van der Waals surface area contributed by atoms with Crippen molar-refractivity contribution >= 4 is 11.7 Å². The molecule has 6 nitrogen and oxygen atoms in total. The normalized spacial score (nSPS) is 12.3. The SMILES string of the molecule is CCCNc1cncc(C(=O)N(CC)C(C)CN(C)C)n1. The lowest BCUT2D eigenvalue weighted by Gasteiger charge is -2.29. The molecule has 1 heterocycles. The maximum absolute atomic E-state index is 12.6. The van der Waals surface area contributed by atoms with Crippen molar-refractivity contribution in [2.45, 2.75) is 33.2 Å². The number of nitrogens with zero attached hydrogens (tertiary/aromatic N) is 4. The van der Waals surface area contributed by atoms with Crippen LogP contribution in [0.15, 0.2) is 12.4 Å². The molecule has 118 valence electrons. The number of hydrogen-bond acceptors (Lipinski definition) is 5. The van der Waals surface area contributed by atoms with Crippen LogP contribution in [0.25, 0.3) is 0 Å². The highest BCUT2D eigenvalue weighted by Crippen LogP contribution is 2.09. The van der Waals surface area contributed by atoms with Gasteiger partial charge in [0.25, 0.3) is 5.91 Å². The predicted octanol–water partition coefficient (Wildman–Crippen LogP) is 1.71. The number of carbonyl (C=O) groups excluding carboxylic acids is 1. The van der Waals surface area contributed by atoms with Crippen molar-refractivity contribution in [2.75, 3.05) is 39.0 Å². The van der Waals surface area contributed by atoms with E-state index in [4.69, 9.17) is 0 Å². The Bertz CT molecular complexity index is 449. The van der Waals surface area contributed by atoms with Crippen LogP contribution in [-0.4, -0.2) is 65.4 Å². The van der Waals surface area contributed by atoms with Gasteiger partial charge in [-0.2, -0.15) is 0 Å². The first-order valence-electron chi connectivity index (χ1n) is 7.51. The topological polar surface area (TPSA) is 61.4 Å². The van der Waals surface area contributed by atoms with Crippen LogP contribution < -0.4 is 5.32 Å². The molecule has 0 bridgehead atoms. The van der Waals surface area contributed by atoms with Crippen LogP contribution in [0.4, 0.5) is 5.82 Å². The van der Waals surface area contributed by atoms with Crippen molar-refractivity contribution in [3.8, 4) is 0 Å². The largest absolute Gasteiger partial charge is 0.369 e. The Kier molecular flexibility index (Phi) is 7.08. The third kappa shape index (κ3) is 5.30. The molecule has 1 N–H and O–H groups in total. The van der Waals surface area contributed by atoms with E-state index in [-0.39, 0.29) is 11.9 Å². The number of carbonyl (C=O) groups is 1. The van der Waals surface area contributed by atoms with Gasteiger partial charge in [0.15, 0.2) is 0 Å². The minimum atomic E-state index is -0.0699. The molecular formula is C15H27N5O. The summed E-state index contributed by atoms with van der Waals surface area (Å²) in [5.41, 5.74) is 0.392. The monoisotopic (exact) mass is 293 g/mol. The summed E-state index contributed by atoms with van der Waals surface area (Å²) >= 11 is 0. The summed E-state index contributed by atoms with van der Waals surface area (Å²) in [6.45, 7) is 8.41. The maximum atomic E-state index is 12.6. The molecule has 6 heteroatoms. The van der Waals surface area contributed by atoms with Crippen LogP contribution in [-0.2, 0) is 0 Å². The Morgan fingerprint density at radius 3 is 2.62 bits per heavy atom. The maximum Gasteiger partial charge on any atom is 0.274 e. The highest BCUT2D eigenvalue weighted by Gasteiger charge is 2.22. The van der Waals surface area contributed by atoms with Gasteiger partial charge in [0.1, 0.15) is 11.5 Å². The molecule has 1 unspecified atom stereocenters. The highest BCUT2D eigenvalue weighted by atomic mass is 16.2. The number of hydrogen-bond donors (Lipinski definition) is 1. The summed E-state index contributed by atoms with van der Waals surface area (Å²) in [4.78, 5) is 25.0. The zero-order valence-electron chi connectivity index (χ0n) is 13.8. The van der Waals surface area contributed by atoms with Crippen molar-refractivity contribution in [1.82, 2.24) is 19.8 Å². The molecule has 0 aromatic carbocycles. The van der Waals surface area contributed by atoms with E-state index in [0.29, 0.717) is 18.1 Å². The summed E-state index contributed by atoms with van der Waals surface area (Å²) in [5, 5.41) is 3.16. The third-order valence-electron chi connectivity index (χ3n) is 3.17. The van der Waals surface area contributed by atoms with E-state index in [0.717, 1.165) is 19.5 Å². The molecule has 0 fully saturated rings. The summed E-state index contributed by atoms with van der Waals surface area (Å²) in [5.74, 6) is 0.582. The van der Waals surface area contributed by atoms with Crippen LogP contribution in [0.3, 0.4) is 0 Å². The molecule has 0 saturated heterocycles. The fraction of sp³-hybridized carbons (Fsp3) is 0.667. The molecule has 0 aliphatic rings. The van der Waals surface area contributed by atoms with E-state index in [1.54, 1.807) is 6.20 Å². The van der Waals surface area contributed by atoms with Gasteiger partial charge in [0.2, 0.25) is 0 Å². The fourth-order valence-electron chi connectivity index (χ4n) is 2.24. The van der Waals surface area contributed by atoms with Crippen LogP contribution in [0.2, 0.25) is 0 Å². The molecule has 1 atom stereocenters. The number of amides is 1. The number of nitrogens with one attached hydrogen (secondary N) is 1. The Morgan fingerprint density at radius 2 is 2.05 bits per heavy atom. The second kappa shape index (κ2) is 8.56. The van der Waals surface area contributed by atoms with Gasteiger partial charge in [-0.15, -0.1) is 0 Å². The minimum absolute atomic E-state index is 0.0699. The summed E-state index contributed by atoms with van der Waals surface area (Å²) < 4.78 is 0. The van der Waals surface area contributed by atoms with Gasteiger partial charge in [-0.25, -0.2) is 4.98 Å². The van der Waals surface area contributed by atoms with Gasteiger partial charge < -0.3 is 15.1 Å². The average Bonchev–Trinajstić information content (AvgIpc) is 2.45. The third-order valence-corrected chi connectivity index (χ3v) is 3.17. The van der Waals surface area contributed by atoms with Gasteiger partial charge >= 0.3 is 0 Å². The Hall–Kier alpha value is -1.69. The van der Waals surface area contributed by atoms with E-state index >= 15 is 0 Å². The van der Waals surface area contributed by atoms with E-state index in [1.165, 1.54) is 6.20 Å². The van der Waals surface area contributed by atoms with Crippen molar-refractivity contribution in [3.63, 3.8) is 0 Å². The molecule has 0 radical (unpaired) electrons. The molecule has 0 saturated carbocycles. The molecule has 0 aliphatic heterocycles. The quantitative estimate of drug-likeness (QED) is 0.790. The molecule has 0 aliphatic carbocycles. The predicted molar refractivity (Wildman–Crippen MR) is 85.5 cm³/mol. The lowest BCUT2D eigenvalue weighted by atomic mass is 10.2. The van der Waals surface area contributed by atoms with Crippen LogP contribution in [0.5, 0.6) is 0 Å². The Labute approximate surface area is 127 Å². The van der Waals surface area contributed by atoms with Crippen LogP contribution in [0, 0.1) is 0 Å². The highest BCUT2D eigenvalue weighted by molar-refractivity contribution is 5.92. The van der Waals surface area contributed by atoms with E-state index in [9.17, 15) is 4.79 Å². The number of rotatable bonds is 8. The zero-order chi connectivity index (χ0) is 15.8. The van der Waals surface area contributed by atoms with Crippen molar-refractivity contribution < 1.29 is 4.79 Å². The Balaban J connectivity index is 2.84. The summed E-state index contributed by atoms with van der Waals surface area (Å²) in [7, 11) is 4.01. The fourth-order valence-corrected chi connectivity index (χ4v) is 2.24. The van der Waals surface area contributed by atoms with Gasteiger partial charge in [0, 0.05) is 25.7 Å². The molecule has 1 aromatic rings. The molecule has 1 rings (SSSR count). The van der Waals surface area contributed by atoms with Crippen LogP contribution >= 0.6 is 0 Å². The van der Waals surface area contributed by atoms with Crippen molar-refractivity contribution in [2.24, 2.45) is 0 Å². The number of anilines is 1. The molecule has 1 aromatic heterocycles. The zero-order valence-corrected chi connectivity index (χ0v) is 13.8. The first-order valence-corrected chi connectivity index (χ1v) is 7.51. The Morgan fingerprint density at radius 1 is 1.33 bits per heavy atom. The first kappa shape index (κ1) is 17.4. The van der Waals surface area contributed by atoms with Gasteiger partial charge in [0.05, 0.1) is 12.4 Å². The van der Waals surface area contributed by atoms with Crippen LogP contribution in [0.1, 0.15) is 37.7 Å². The standard InChI is InChI=1S/C15H27N5O/c1-6-8-17-14-10-16-9-13(18-14)15(21)20(7-2)12(3)11-19(4)5/h9-10,12H,6-8,11H2,1-5H3,(H,17,18). The number of aromatic nitrogens is 2. The van der Waals surface area contributed by atoms with Gasteiger partial charge in [-0.05, 0) is 34.4 Å². The minimum Gasteiger partial charge on any atom is -0.369 e. The second-order valence-electron chi connectivity index (χ2n) is 5.42. The first-order chi connectivity index (χ1) is 9.99. The molecule has 0 spiro atoms. The van der Waals surface area contributed by atoms with Gasteiger partial charge in [-0.3, -0.25) is 9.78 Å². The lowest BCUT2D eigenvalue weighted by Crippen LogP contribution is -2.44. The summed E-state index contributed by atoms with van der Waals surface area (Å²) in [6.07, 6.45) is 4.18. The number of likely N-dealkylation sites (N-methyl/N-ethyl adjacent to an activating group) is 2. The average molecular weight is 293 g/mol. The van der Waals surface area contributed by atoms with Gasteiger partial charge in [-0.1, -0.05) is 6.92 Å². The van der Waals surface area contributed by atoms with Crippen molar-refractivity contribution in [3.05, 3.63) is 18.1 Å².